The van der Waals surface area contributed by atoms with Crippen molar-refractivity contribution in [2.45, 2.75) is 184 Å². The van der Waals surface area contributed by atoms with Crippen molar-refractivity contribution >= 4 is 136 Å². The Morgan fingerprint density at radius 2 is 0.318 bits per heavy atom. The van der Waals surface area contributed by atoms with Crippen molar-refractivity contribution in [1.29, 1.82) is 0 Å². The highest BCUT2D eigenvalue weighted by Crippen LogP contribution is 2.39. The minimum Gasteiger partial charge on any atom is -0.387 e. The maximum Gasteiger partial charge on any atom is 0.187 e. The van der Waals surface area contributed by atoms with Gasteiger partial charge in [-0.05, 0) is 0 Å². The molecule has 0 aromatic heterocycles. The normalized spacial score (nSPS) is 55.4. The lowest BCUT2D eigenvalue weighted by molar-refractivity contribution is -0.396. The fraction of sp³-hybridized carbons (Fsp3) is 1.00. The molecule has 22 aliphatic rings. The Balaban J connectivity index is 1.19. The van der Waals surface area contributed by atoms with Crippen LogP contribution in [0.3, 0.4) is 0 Å². The Morgan fingerprint density at radius 1 is 0.197 bits per heavy atom. The maximum atomic E-state index is 11.5. The summed E-state index contributed by atoms with van der Waals surface area (Å²) in [4.78, 5) is 0. The molecule has 0 aliphatic carbocycles. The predicted molar refractivity (Wildman–Crippen MR) is 267 cm³/mol. The molecule has 22 aliphatic heterocycles. The summed E-state index contributed by atoms with van der Waals surface area (Å²) in [7, 11) is 0. The molecule has 12 N–H and O–H groups in total. The third-order valence-corrected chi connectivity index (χ3v) is 17.7. The second-order valence-corrected chi connectivity index (χ2v) is 22.0. The summed E-state index contributed by atoms with van der Waals surface area (Å²) < 4.78 is 73.3. The minimum absolute atomic E-state index is 0.117. The molecule has 12 unspecified atom stereocenters. The molecule has 0 radical (unpaired) electrons. The number of rotatable bonds is 6. The molecule has 0 spiro atoms. The van der Waals surface area contributed by atoms with Crippen LogP contribution >= 0.6 is 136 Å². The van der Waals surface area contributed by atoms with Gasteiger partial charge in [-0.25, -0.2) is 0 Å². The van der Waals surface area contributed by atoms with Crippen LogP contribution < -0.4 is 0 Å². The maximum absolute atomic E-state index is 11.5. The molecule has 384 valence electrons. The summed E-state index contributed by atoms with van der Waals surface area (Å²) in [5.74, 6) is 0. The SMILES string of the molecule is OC1[C@@H]2O[C@H]3OC(CI)[C@@H](O[C@H]4OC(CI)[C@@H](O[C@H]5OC(CI)[C@@H](O[C@H]6OC(CI)[C@@H](O[C@H]7OC(CI)[C@@H](O[C@@H](OC2CI)[C@@H]1O)C(O)[C@H]7O)C(O)[C@H]6O)C(O)[C@@H]5O)C(O)[C@@H]4O)C(O)[C@H]3O. The van der Waals surface area contributed by atoms with E-state index in [2.05, 4.69) is 0 Å². The number of ether oxygens (including phenoxy) is 12. The van der Waals surface area contributed by atoms with Crippen LogP contribution in [0.5, 0.6) is 0 Å². The zero-order valence-corrected chi connectivity index (χ0v) is 47.0. The van der Waals surface area contributed by atoms with Crippen molar-refractivity contribution in [3.05, 3.63) is 0 Å². The van der Waals surface area contributed by atoms with Crippen LogP contribution in [0.1, 0.15) is 0 Å². The van der Waals surface area contributed by atoms with E-state index >= 15 is 0 Å². The molecule has 22 fully saturated rings. The lowest BCUT2D eigenvalue weighted by Gasteiger charge is -2.51. The molecular formula is C36H54I6O24. The number of aliphatic hydroxyl groups excluding tert-OH is 12. The Morgan fingerprint density at radius 3 is 0.424 bits per heavy atom. The van der Waals surface area contributed by atoms with Crippen LogP contribution in [0.25, 0.3) is 0 Å². The average molecular weight is 1630 g/mol. The largest absolute Gasteiger partial charge is 0.387 e. The summed E-state index contributed by atoms with van der Waals surface area (Å²) in [6.45, 7) is 0. The van der Waals surface area contributed by atoms with Crippen LogP contribution in [-0.4, -0.2) is 272 Å². The number of hydrogen-bond donors (Lipinski definition) is 12. The number of aliphatic hydroxyl groups is 12. The standard InChI is InChI=1S/C36H54I6O24/c37-1-7-25-13(43)19(49)31(55-7)62-26-8(2-38)57-33(21(51)15(26)45)64-28-10(4-40)59-35(23(53)17(28)47)66-30-12(6-42)60-36(24(54)18(30)48)65-29-11(5-41)58-34(22(52)16(29)46)63-27-9(3-39)56-32(61-25)20(50)14(27)44/h7-36,43-54H,1-6H2/t7?,8?,9?,10?,11?,12?,13?,14?,15?,16?,17?,18?,19-,20-,21-,22-,23+,24+,25-,26-,27-,28-,29-,30-,31-,32-,33-,34-,35-,36-/m1/s1. The first kappa shape index (κ1) is 57.1. The van der Waals surface area contributed by atoms with E-state index in [-0.39, 0.29) is 26.6 Å². The molecule has 22 saturated heterocycles. The third kappa shape index (κ3) is 11.7. The first-order valence-electron chi connectivity index (χ1n) is 20.8. The number of halogens is 6. The lowest BCUT2D eigenvalue weighted by Crippen LogP contribution is -2.68. The molecule has 30 heteroatoms. The van der Waals surface area contributed by atoms with Crippen molar-refractivity contribution in [1.82, 2.24) is 0 Å². The van der Waals surface area contributed by atoms with E-state index < -0.39 is 184 Å². The molecule has 30 atom stereocenters. The Bertz CT molecular complexity index is 1260. The molecule has 24 nitrogen and oxygen atoms in total. The fourth-order valence-corrected chi connectivity index (χ4v) is 13.0. The highest BCUT2D eigenvalue weighted by Gasteiger charge is 2.58. The lowest BCUT2D eigenvalue weighted by atomic mass is 9.95. The van der Waals surface area contributed by atoms with Gasteiger partial charge in [0.15, 0.2) is 37.7 Å². The van der Waals surface area contributed by atoms with Crippen molar-refractivity contribution in [3.8, 4) is 0 Å². The summed E-state index contributed by atoms with van der Waals surface area (Å²) >= 11 is 11.7. The summed E-state index contributed by atoms with van der Waals surface area (Å²) in [5, 5.41) is 137. The van der Waals surface area contributed by atoms with E-state index in [0.717, 1.165) is 0 Å². The van der Waals surface area contributed by atoms with E-state index in [4.69, 9.17) is 56.8 Å². The Kier molecular flexibility index (Phi) is 21.7. The average Bonchev–Trinajstić information content (AvgIpc) is 3.31. The quantitative estimate of drug-likeness (QED) is 0.0883. The summed E-state index contributed by atoms with van der Waals surface area (Å²) in [5.41, 5.74) is 0. The van der Waals surface area contributed by atoms with Gasteiger partial charge in [0.2, 0.25) is 0 Å². The fourth-order valence-electron chi connectivity index (χ4n) is 8.79. The van der Waals surface area contributed by atoms with Gasteiger partial charge >= 0.3 is 0 Å². The summed E-state index contributed by atoms with van der Waals surface area (Å²) in [6, 6.07) is 0. The van der Waals surface area contributed by atoms with Crippen molar-refractivity contribution in [3.63, 3.8) is 0 Å². The third-order valence-electron chi connectivity index (χ3n) is 12.5. The molecule has 0 aromatic rings. The van der Waals surface area contributed by atoms with Crippen LogP contribution in [0.2, 0.25) is 0 Å². The smallest absolute Gasteiger partial charge is 0.187 e. The molecule has 22 heterocycles. The number of alkyl halides is 6. The van der Waals surface area contributed by atoms with Gasteiger partial charge in [0.25, 0.3) is 0 Å². The van der Waals surface area contributed by atoms with Crippen molar-refractivity contribution < 1.29 is 118 Å². The van der Waals surface area contributed by atoms with Gasteiger partial charge in [0, 0.05) is 26.6 Å². The van der Waals surface area contributed by atoms with E-state index in [0.29, 0.717) is 0 Å². The van der Waals surface area contributed by atoms with Gasteiger partial charge in [-0.3, -0.25) is 0 Å². The molecular weight excluding hydrogens is 1580 g/mol. The number of hydrogen-bond acceptors (Lipinski definition) is 24. The van der Waals surface area contributed by atoms with Crippen LogP contribution in [0.15, 0.2) is 0 Å². The predicted octanol–water partition coefficient (Wildman–Crippen LogP) is -4.40. The van der Waals surface area contributed by atoms with Crippen LogP contribution in [-0.2, 0) is 56.8 Å². The first-order valence-corrected chi connectivity index (χ1v) is 30.0. The topological polar surface area (TPSA) is 354 Å². The zero-order chi connectivity index (χ0) is 48.0. The Hall–Kier alpha value is 3.42. The Labute approximate surface area is 459 Å². The second-order valence-electron chi connectivity index (χ2n) is 16.7. The molecule has 12 bridgehead atoms. The van der Waals surface area contributed by atoms with Gasteiger partial charge in [-0.15, -0.1) is 0 Å². The minimum atomic E-state index is -1.85. The van der Waals surface area contributed by atoms with Crippen LogP contribution in [0.4, 0.5) is 0 Å². The van der Waals surface area contributed by atoms with Crippen LogP contribution in [0, 0.1) is 0 Å². The summed E-state index contributed by atoms with van der Waals surface area (Å²) in [6.07, 6.45) is -46.3. The van der Waals surface area contributed by atoms with Crippen molar-refractivity contribution in [2.75, 3.05) is 26.6 Å². The zero-order valence-electron chi connectivity index (χ0n) is 34.1. The molecule has 66 heavy (non-hydrogen) atoms. The van der Waals surface area contributed by atoms with Gasteiger partial charge in [0.05, 0.1) is 36.6 Å². The molecule has 0 aromatic carbocycles. The van der Waals surface area contributed by atoms with Gasteiger partial charge < -0.3 is 118 Å². The van der Waals surface area contributed by atoms with E-state index in [1.807, 2.05) is 136 Å². The van der Waals surface area contributed by atoms with Gasteiger partial charge in [-0.2, -0.15) is 0 Å². The molecule has 22 rings (SSSR count). The van der Waals surface area contributed by atoms with E-state index in [1.54, 1.807) is 0 Å². The van der Waals surface area contributed by atoms with Gasteiger partial charge in [-0.1, -0.05) is 136 Å². The highest BCUT2D eigenvalue weighted by molar-refractivity contribution is 14.1. The first-order chi connectivity index (χ1) is 31.4. The highest BCUT2D eigenvalue weighted by atomic mass is 127. The monoisotopic (exact) mass is 1630 g/mol. The molecule has 0 amide bonds. The van der Waals surface area contributed by atoms with E-state index in [9.17, 15) is 61.3 Å². The van der Waals surface area contributed by atoms with Gasteiger partial charge in [0.1, 0.15) is 110 Å². The van der Waals surface area contributed by atoms with Crippen molar-refractivity contribution in [2.24, 2.45) is 0 Å². The second kappa shape index (κ2) is 25.1. The molecule has 0 saturated carbocycles. The van der Waals surface area contributed by atoms with E-state index in [1.165, 1.54) is 0 Å².